The number of halogens is 4. The van der Waals surface area contributed by atoms with Crippen LogP contribution < -0.4 is 0 Å². The van der Waals surface area contributed by atoms with Crippen LogP contribution in [0.1, 0.15) is 6.42 Å². The maximum absolute atomic E-state index is 11.8. The van der Waals surface area contributed by atoms with E-state index in [9.17, 15) is 4.39 Å². The molecule has 0 atom stereocenters. The summed E-state index contributed by atoms with van der Waals surface area (Å²) in [4.78, 5) is 0. The van der Waals surface area contributed by atoms with Gasteiger partial charge in [-0.3, -0.25) is 0 Å². The molecular formula is C3H4Cl3F. The molecular weight excluding hydrogens is 161 g/mol. The third kappa shape index (κ3) is 6.80. The van der Waals surface area contributed by atoms with Crippen LogP contribution in [-0.4, -0.2) is 10.5 Å². The Morgan fingerprint density at radius 1 is 1.43 bits per heavy atom. The van der Waals surface area contributed by atoms with Gasteiger partial charge in [-0.15, -0.1) is 11.6 Å². The smallest absolute Gasteiger partial charge is 0.208 e. The van der Waals surface area contributed by atoms with Gasteiger partial charge in [0, 0.05) is 12.3 Å². The average molecular weight is 165 g/mol. The molecule has 0 saturated carbocycles. The second-order valence-electron chi connectivity index (χ2n) is 1.05. The van der Waals surface area contributed by atoms with Crippen molar-refractivity contribution in [2.24, 2.45) is 0 Å². The summed E-state index contributed by atoms with van der Waals surface area (Å²) < 4.78 is 9.70. The second-order valence-corrected chi connectivity index (χ2v) is 2.82. The number of hydrogen-bond acceptors (Lipinski definition) is 0. The maximum Gasteiger partial charge on any atom is 0.258 e. The van der Waals surface area contributed by atoms with E-state index in [4.69, 9.17) is 34.8 Å². The molecule has 0 aromatic rings. The topological polar surface area (TPSA) is 0 Å². The first-order valence-electron chi connectivity index (χ1n) is 1.69. The molecule has 0 rings (SSSR count). The van der Waals surface area contributed by atoms with Crippen molar-refractivity contribution in [1.29, 1.82) is 0 Å². The second kappa shape index (κ2) is 2.95. The molecule has 0 saturated heterocycles. The molecule has 7 heavy (non-hydrogen) atoms. The Labute approximate surface area is 56.5 Å². The molecule has 0 heterocycles. The van der Waals surface area contributed by atoms with E-state index in [0.29, 0.717) is 0 Å². The predicted octanol–water partition coefficient (Wildman–Crippen LogP) is 2.72. The van der Waals surface area contributed by atoms with E-state index in [0.717, 1.165) is 0 Å². The van der Waals surface area contributed by atoms with Crippen molar-refractivity contribution in [2.75, 3.05) is 5.88 Å². The molecule has 0 fully saturated rings. The van der Waals surface area contributed by atoms with Crippen LogP contribution in [0.15, 0.2) is 0 Å². The Balaban J connectivity index is 3.15. The van der Waals surface area contributed by atoms with Crippen LogP contribution in [0.2, 0.25) is 0 Å². The summed E-state index contributed by atoms with van der Waals surface area (Å²) >= 11 is 14.8. The average Bonchev–Trinajstić information content (AvgIpc) is 1.30. The zero-order chi connectivity index (χ0) is 5.91. The third-order valence-corrected chi connectivity index (χ3v) is 0.945. The quantitative estimate of drug-likeness (QED) is 0.552. The van der Waals surface area contributed by atoms with Crippen LogP contribution in [-0.2, 0) is 0 Å². The van der Waals surface area contributed by atoms with Crippen molar-refractivity contribution in [3.05, 3.63) is 0 Å². The first-order chi connectivity index (χ1) is 3.06. The van der Waals surface area contributed by atoms with Gasteiger partial charge in [0.05, 0.1) is 0 Å². The Bertz CT molecular complexity index is 48.6. The molecule has 0 aliphatic carbocycles. The van der Waals surface area contributed by atoms with Crippen molar-refractivity contribution in [1.82, 2.24) is 0 Å². The monoisotopic (exact) mass is 164 g/mol. The molecule has 44 valence electrons. The van der Waals surface area contributed by atoms with Gasteiger partial charge in [0.2, 0.25) is 0 Å². The van der Waals surface area contributed by atoms with Gasteiger partial charge in [-0.2, -0.15) is 0 Å². The van der Waals surface area contributed by atoms with E-state index in [-0.39, 0.29) is 12.3 Å². The standard InChI is InChI=1S/C3H4Cl3F/c4-2-1-3(5,6)7/h1-2H2. The highest BCUT2D eigenvalue weighted by molar-refractivity contribution is 6.47. The predicted molar refractivity (Wildman–Crippen MR) is 30.9 cm³/mol. The van der Waals surface area contributed by atoms with Crippen molar-refractivity contribution >= 4 is 34.8 Å². The Morgan fingerprint density at radius 3 is 1.86 bits per heavy atom. The van der Waals surface area contributed by atoms with Gasteiger partial charge >= 0.3 is 0 Å². The lowest BCUT2D eigenvalue weighted by molar-refractivity contribution is 0.384. The van der Waals surface area contributed by atoms with Gasteiger partial charge in [-0.05, 0) is 0 Å². The van der Waals surface area contributed by atoms with Gasteiger partial charge in [0.15, 0.2) is 0 Å². The number of alkyl halides is 4. The highest BCUT2D eigenvalue weighted by Gasteiger charge is 2.19. The minimum absolute atomic E-state index is 0.0301. The van der Waals surface area contributed by atoms with Crippen LogP contribution in [0.3, 0.4) is 0 Å². The van der Waals surface area contributed by atoms with Crippen LogP contribution in [0.5, 0.6) is 0 Å². The van der Waals surface area contributed by atoms with E-state index >= 15 is 0 Å². The zero-order valence-corrected chi connectivity index (χ0v) is 5.69. The van der Waals surface area contributed by atoms with Crippen LogP contribution in [0.4, 0.5) is 4.39 Å². The van der Waals surface area contributed by atoms with Gasteiger partial charge in [0.1, 0.15) is 0 Å². The summed E-state index contributed by atoms with van der Waals surface area (Å²) in [5.41, 5.74) is 0. The summed E-state index contributed by atoms with van der Waals surface area (Å²) in [6, 6.07) is 0. The maximum atomic E-state index is 11.8. The molecule has 0 unspecified atom stereocenters. The van der Waals surface area contributed by atoms with Crippen molar-refractivity contribution in [3.8, 4) is 0 Å². The van der Waals surface area contributed by atoms with Gasteiger partial charge in [0.25, 0.3) is 4.59 Å². The fourth-order valence-electron chi connectivity index (χ4n) is 0.107. The van der Waals surface area contributed by atoms with Crippen LogP contribution >= 0.6 is 34.8 Å². The summed E-state index contributed by atoms with van der Waals surface area (Å²) in [6.07, 6.45) is -0.0301. The molecule has 0 spiro atoms. The minimum atomic E-state index is -2.14. The molecule has 0 aromatic heterocycles. The highest BCUT2D eigenvalue weighted by Crippen LogP contribution is 2.26. The van der Waals surface area contributed by atoms with E-state index in [1.807, 2.05) is 0 Å². The van der Waals surface area contributed by atoms with Gasteiger partial charge in [-0.1, -0.05) is 23.2 Å². The Morgan fingerprint density at radius 2 is 1.86 bits per heavy atom. The van der Waals surface area contributed by atoms with Crippen molar-refractivity contribution in [3.63, 3.8) is 0 Å². The summed E-state index contributed by atoms with van der Waals surface area (Å²) in [5, 5.41) is 0. The largest absolute Gasteiger partial charge is 0.258 e. The third-order valence-electron chi connectivity index (χ3n) is 0.378. The SMILES string of the molecule is FC(Cl)(Cl)CCCl. The zero-order valence-electron chi connectivity index (χ0n) is 3.43. The fraction of sp³-hybridized carbons (Fsp3) is 1.00. The van der Waals surface area contributed by atoms with Crippen LogP contribution in [0, 0.1) is 0 Å². The van der Waals surface area contributed by atoms with Gasteiger partial charge in [-0.25, -0.2) is 4.39 Å². The normalized spacial score (nSPS) is 12.0. The molecule has 0 amide bonds. The first-order valence-corrected chi connectivity index (χ1v) is 2.98. The van der Waals surface area contributed by atoms with E-state index in [1.165, 1.54) is 0 Å². The Kier molecular flexibility index (Phi) is 3.29. The summed E-state index contributed by atoms with van der Waals surface area (Å²) in [5.74, 6) is 0.142. The fourth-order valence-corrected chi connectivity index (χ4v) is 0.750. The minimum Gasteiger partial charge on any atom is -0.208 e. The first kappa shape index (κ1) is 7.80. The summed E-state index contributed by atoms with van der Waals surface area (Å²) in [6.45, 7) is 0. The lowest BCUT2D eigenvalue weighted by Gasteiger charge is -2.03. The lowest BCUT2D eigenvalue weighted by Crippen LogP contribution is -2.02. The van der Waals surface area contributed by atoms with E-state index < -0.39 is 4.59 Å². The molecule has 0 aromatic carbocycles. The van der Waals surface area contributed by atoms with Crippen LogP contribution in [0.25, 0.3) is 0 Å². The number of rotatable bonds is 2. The molecule has 0 bridgehead atoms. The molecule has 0 aliphatic rings. The van der Waals surface area contributed by atoms with E-state index in [1.54, 1.807) is 0 Å². The summed E-state index contributed by atoms with van der Waals surface area (Å²) in [7, 11) is 0. The molecule has 0 aliphatic heterocycles. The van der Waals surface area contributed by atoms with Gasteiger partial charge < -0.3 is 0 Å². The van der Waals surface area contributed by atoms with E-state index in [2.05, 4.69) is 0 Å². The lowest BCUT2D eigenvalue weighted by atomic mass is 10.5. The molecule has 0 nitrogen and oxygen atoms in total. The molecule has 0 N–H and O–H groups in total. The molecule has 4 heteroatoms. The number of hydrogen-bond donors (Lipinski definition) is 0. The van der Waals surface area contributed by atoms with Crippen molar-refractivity contribution in [2.45, 2.75) is 11.0 Å². The van der Waals surface area contributed by atoms with Crippen molar-refractivity contribution < 1.29 is 4.39 Å². The Hall–Kier alpha value is 0.800. The molecule has 0 radical (unpaired) electrons. The highest BCUT2D eigenvalue weighted by atomic mass is 35.5.